The zero-order valence-corrected chi connectivity index (χ0v) is 17.2. The Labute approximate surface area is 184 Å². The largest absolute Gasteiger partial charge is 0.431 e. The van der Waals surface area contributed by atoms with E-state index in [0.717, 1.165) is 12.4 Å². The number of rotatable bonds is 3. The van der Waals surface area contributed by atoms with Gasteiger partial charge < -0.3 is 14.9 Å². The van der Waals surface area contributed by atoms with Gasteiger partial charge in [0.05, 0.1) is 11.1 Å². The molecule has 0 radical (unpaired) electrons. The molecule has 4 rings (SSSR count). The summed E-state index contributed by atoms with van der Waals surface area (Å²) in [5.74, 6) is -1.31. The van der Waals surface area contributed by atoms with E-state index in [9.17, 15) is 32.3 Å². The Bertz CT molecular complexity index is 1240. The number of nitrogens with zero attached hydrogens (tertiary/aromatic N) is 5. The van der Waals surface area contributed by atoms with Gasteiger partial charge in [0.25, 0.3) is 5.56 Å². The molecule has 0 saturated carbocycles. The molecule has 1 amide bonds. The van der Waals surface area contributed by atoms with Crippen molar-refractivity contribution in [3.8, 4) is 0 Å². The van der Waals surface area contributed by atoms with Crippen LogP contribution in [0.25, 0.3) is 16.6 Å². The van der Waals surface area contributed by atoms with Crippen molar-refractivity contribution >= 4 is 28.3 Å². The van der Waals surface area contributed by atoms with Crippen LogP contribution in [-0.2, 0) is 11.0 Å². The molecule has 1 aliphatic carbocycles. The van der Waals surface area contributed by atoms with Crippen molar-refractivity contribution in [2.75, 3.05) is 31.1 Å². The molecule has 0 unspecified atom stereocenters. The van der Waals surface area contributed by atoms with Crippen LogP contribution >= 0.6 is 0 Å². The number of hydrogen-bond acceptors (Lipinski definition) is 6. The van der Waals surface area contributed by atoms with Gasteiger partial charge in [-0.2, -0.15) is 13.2 Å². The van der Waals surface area contributed by atoms with Gasteiger partial charge in [0.2, 0.25) is 5.91 Å². The summed E-state index contributed by atoms with van der Waals surface area (Å²) in [5, 5.41) is 10.0. The number of amides is 1. The summed E-state index contributed by atoms with van der Waals surface area (Å²) in [6.07, 6.45) is -2.43. The van der Waals surface area contributed by atoms with E-state index in [1.165, 1.54) is 17.1 Å². The van der Waals surface area contributed by atoms with Gasteiger partial charge in [0, 0.05) is 26.2 Å². The van der Waals surface area contributed by atoms with Gasteiger partial charge in [-0.25, -0.2) is 14.4 Å². The second-order valence-corrected chi connectivity index (χ2v) is 7.53. The van der Waals surface area contributed by atoms with Crippen molar-refractivity contribution in [2.45, 2.75) is 18.7 Å². The van der Waals surface area contributed by atoms with E-state index >= 15 is 0 Å². The summed E-state index contributed by atoms with van der Waals surface area (Å²) in [7, 11) is 0. The van der Waals surface area contributed by atoms with Crippen LogP contribution in [0.15, 0.2) is 47.8 Å². The molecule has 3 heterocycles. The lowest BCUT2D eigenvalue weighted by Crippen LogP contribution is -2.48. The standard InChI is InChI=1S/C21H19F4N5O3/c1-2-16(32)28-6-8-29(9-7-28)19-12-10-15(21(23,24)25)30(20(33)17(12)26-11-27-19)18-13(22)4-3-5-14(18)31/h2-4,10-11,14,31H,1,5-9H2/t14-/m1/s1. The zero-order chi connectivity index (χ0) is 23.9. The predicted octanol–water partition coefficient (Wildman–Crippen LogP) is 2.10. The molecule has 2 aliphatic rings. The highest BCUT2D eigenvalue weighted by atomic mass is 19.4. The van der Waals surface area contributed by atoms with Crippen molar-refractivity contribution in [1.82, 2.24) is 19.4 Å². The van der Waals surface area contributed by atoms with Crippen LogP contribution in [0.5, 0.6) is 0 Å². The van der Waals surface area contributed by atoms with Crippen molar-refractivity contribution in [1.29, 1.82) is 0 Å². The fourth-order valence-electron chi connectivity index (χ4n) is 3.99. The molecule has 1 aliphatic heterocycles. The third-order valence-electron chi connectivity index (χ3n) is 5.57. The Morgan fingerprint density at radius 3 is 2.52 bits per heavy atom. The predicted molar refractivity (Wildman–Crippen MR) is 112 cm³/mol. The summed E-state index contributed by atoms with van der Waals surface area (Å²) in [6, 6.07) is 0.693. The molecule has 0 spiro atoms. The first-order valence-electron chi connectivity index (χ1n) is 10.0. The minimum Gasteiger partial charge on any atom is -0.386 e. The van der Waals surface area contributed by atoms with Crippen LogP contribution in [0.4, 0.5) is 23.4 Å². The molecule has 0 bridgehead atoms. The smallest absolute Gasteiger partial charge is 0.386 e. The second kappa shape index (κ2) is 8.43. The fourth-order valence-corrected chi connectivity index (χ4v) is 3.99. The van der Waals surface area contributed by atoms with Gasteiger partial charge in [0.1, 0.15) is 35.3 Å². The van der Waals surface area contributed by atoms with Crippen molar-refractivity contribution in [2.24, 2.45) is 0 Å². The van der Waals surface area contributed by atoms with Gasteiger partial charge in [0.15, 0.2) is 0 Å². The Morgan fingerprint density at radius 1 is 1.21 bits per heavy atom. The minimum absolute atomic E-state index is 0.0963. The number of aliphatic hydroxyl groups excluding tert-OH is 1. The van der Waals surface area contributed by atoms with Gasteiger partial charge in [-0.15, -0.1) is 0 Å². The molecule has 1 saturated heterocycles. The molecule has 33 heavy (non-hydrogen) atoms. The molecular formula is C21H19F4N5O3. The maximum atomic E-state index is 14.5. The van der Waals surface area contributed by atoms with Gasteiger partial charge in [-0.3, -0.25) is 14.2 Å². The Hall–Kier alpha value is -3.54. The third-order valence-corrected chi connectivity index (χ3v) is 5.57. The van der Waals surface area contributed by atoms with Crippen LogP contribution in [0.1, 0.15) is 12.1 Å². The molecule has 1 atom stereocenters. The monoisotopic (exact) mass is 465 g/mol. The number of pyridine rings is 1. The second-order valence-electron chi connectivity index (χ2n) is 7.53. The van der Waals surface area contributed by atoms with Gasteiger partial charge in [-0.1, -0.05) is 12.7 Å². The number of halogens is 4. The average molecular weight is 465 g/mol. The quantitative estimate of drug-likeness (QED) is 0.552. The van der Waals surface area contributed by atoms with Crippen LogP contribution in [0.3, 0.4) is 0 Å². The van der Waals surface area contributed by atoms with Crippen LogP contribution in [-0.4, -0.2) is 62.7 Å². The van der Waals surface area contributed by atoms with Crippen molar-refractivity contribution < 1.29 is 27.5 Å². The number of allylic oxidation sites excluding steroid dienone is 2. The van der Waals surface area contributed by atoms with Crippen molar-refractivity contribution in [3.63, 3.8) is 0 Å². The third kappa shape index (κ3) is 4.01. The number of fused-ring (bicyclic) bond motifs is 1. The van der Waals surface area contributed by atoms with E-state index in [4.69, 9.17) is 0 Å². The summed E-state index contributed by atoms with van der Waals surface area (Å²) < 4.78 is 56.6. The lowest BCUT2D eigenvalue weighted by atomic mass is 10.1. The van der Waals surface area contributed by atoms with Gasteiger partial charge >= 0.3 is 6.18 Å². The molecule has 8 nitrogen and oxygen atoms in total. The average Bonchev–Trinajstić information content (AvgIpc) is 2.78. The molecule has 2 aromatic heterocycles. The number of hydrogen-bond donors (Lipinski definition) is 1. The number of carbonyl (C=O) groups is 1. The van der Waals surface area contributed by atoms with Gasteiger partial charge in [-0.05, 0) is 24.6 Å². The summed E-state index contributed by atoms with van der Waals surface area (Å²) in [5.41, 5.74) is -3.80. The number of alkyl halides is 3. The van der Waals surface area contributed by atoms with E-state index in [-0.39, 0.29) is 59.8 Å². The van der Waals surface area contributed by atoms with Crippen LogP contribution < -0.4 is 10.5 Å². The number of aliphatic hydroxyl groups is 1. The minimum atomic E-state index is -5.04. The Kier molecular flexibility index (Phi) is 5.78. The highest BCUT2D eigenvalue weighted by molar-refractivity contribution is 5.90. The Balaban J connectivity index is 1.89. The summed E-state index contributed by atoms with van der Waals surface area (Å²) in [6.45, 7) is 4.53. The number of piperazine rings is 1. The first-order chi connectivity index (χ1) is 15.6. The van der Waals surface area contributed by atoms with E-state index in [1.54, 1.807) is 4.90 Å². The SMILES string of the molecule is C=CC(=O)N1CCN(c2ncnc3c(=O)n(C4=C(F)C=CC[C@H]4O)c(C(F)(F)F)cc23)CC1. The molecule has 2 aromatic rings. The molecule has 174 valence electrons. The maximum absolute atomic E-state index is 14.5. The van der Waals surface area contributed by atoms with Crippen LogP contribution in [0, 0.1) is 0 Å². The van der Waals surface area contributed by atoms with Crippen LogP contribution in [0.2, 0.25) is 0 Å². The maximum Gasteiger partial charge on any atom is 0.431 e. The molecule has 1 N–H and O–H groups in total. The molecule has 1 fully saturated rings. The van der Waals surface area contributed by atoms with Crippen molar-refractivity contribution in [3.05, 3.63) is 59.1 Å². The molecule has 0 aromatic carbocycles. The first-order valence-corrected chi connectivity index (χ1v) is 10.0. The first kappa shape index (κ1) is 22.6. The summed E-state index contributed by atoms with van der Waals surface area (Å²) in [4.78, 5) is 36.1. The highest BCUT2D eigenvalue weighted by Gasteiger charge is 2.39. The number of aromatic nitrogens is 3. The molecule has 12 heteroatoms. The summed E-state index contributed by atoms with van der Waals surface area (Å²) >= 11 is 0. The van der Waals surface area contributed by atoms with E-state index in [2.05, 4.69) is 16.5 Å². The highest BCUT2D eigenvalue weighted by Crippen LogP contribution is 2.36. The van der Waals surface area contributed by atoms with E-state index < -0.39 is 35.1 Å². The molecular weight excluding hydrogens is 446 g/mol. The lowest BCUT2D eigenvalue weighted by molar-refractivity contribution is -0.142. The Morgan fingerprint density at radius 2 is 1.91 bits per heavy atom. The van der Waals surface area contributed by atoms with E-state index in [0.29, 0.717) is 6.07 Å². The zero-order valence-electron chi connectivity index (χ0n) is 17.2. The fraction of sp³-hybridized carbons (Fsp3) is 0.333. The normalized spacial score (nSPS) is 19.4. The topological polar surface area (TPSA) is 91.6 Å². The number of carbonyl (C=O) groups excluding carboxylic acids is 1. The van der Waals surface area contributed by atoms with E-state index in [1.807, 2.05) is 0 Å². The lowest BCUT2D eigenvalue weighted by Gasteiger charge is -2.35. The number of anilines is 1.